The Morgan fingerprint density at radius 2 is 2.00 bits per heavy atom. The first-order valence-electron chi connectivity index (χ1n) is 6.97. The molecule has 0 amide bonds. The van der Waals surface area contributed by atoms with Crippen molar-refractivity contribution in [3.63, 3.8) is 0 Å². The molecular formula is C14H28N2. The fraction of sp³-hybridized carbons (Fsp3) is 1.00. The van der Waals surface area contributed by atoms with Crippen molar-refractivity contribution in [3.05, 3.63) is 0 Å². The van der Waals surface area contributed by atoms with Gasteiger partial charge in [0.15, 0.2) is 0 Å². The van der Waals surface area contributed by atoms with Gasteiger partial charge in [-0.1, -0.05) is 27.2 Å². The average Bonchev–Trinajstić information content (AvgIpc) is 2.54. The van der Waals surface area contributed by atoms with E-state index in [1.54, 1.807) is 0 Å². The molecular weight excluding hydrogens is 196 g/mol. The van der Waals surface area contributed by atoms with Crippen molar-refractivity contribution < 1.29 is 0 Å². The molecule has 2 heteroatoms. The smallest absolute Gasteiger partial charge is 0.0382 e. The zero-order chi connectivity index (χ0) is 11.8. The molecule has 1 saturated heterocycles. The summed E-state index contributed by atoms with van der Waals surface area (Å²) >= 11 is 0. The Labute approximate surface area is 101 Å². The fourth-order valence-electron chi connectivity index (χ4n) is 4.07. The number of nitrogens with two attached hydrogens (primary N) is 1. The summed E-state index contributed by atoms with van der Waals surface area (Å²) < 4.78 is 0. The SMILES string of the molecule is CC1CCCN(C2(CN)CCCC2(C)C)C1. The lowest BCUT2D eigenvalue weighted by atomic mass is 9.72. The van der Waals surface area contributed by atoms with Gasteiger partial charge >= 0.3 is 0 Å². The van der Waals surface area contributed by atoms with E-state index >= 15 is 0 Å². The van der Waals surface area contributed by atoms with Crippen molar-refractivity contribution in [2.24, 2.45) is 17.1 Å². The maximum Gasteiger partial charge on any atom is 0.0382 e. The van der Waals surface area contributed by atoms with Crippen molar-refractivity contribution >= 4 is 0 Å². The molecule has 1 saturated carbocycles. The Morgan fingerprint density at radius 3 is 2.50 bits per heavy atom. The monoisotopic (exact) mass is 224 g/mol. The van der Waals surface area contributed by atoms with Crippen LogP contribution in [-0.2, 0) is 0 Å². The van der Waals surface area contributed by atoms with Crippen LogP contribution in [0.1, 0.15) is 52.9 Å². The normalized spacial score (nSPS) is 40.1. The molecule has 16 heavy (non-hydrogen) atoms. The first-order chi connectivity index (χ1) is 7.52. The second-order valence-corrected chi connectivity index (χ2v) is 6.67. The number of nitrogens with zero attached hydrogens (tertiary/aromatic N) is 1. The van der Waals surface area contributed by atoms with Crippen LogP contribution in [0.15, 0.2) is 0 Å². The molecule has 1 heterocycles. The van der Waals surface area contributed by atoms with E-state index < -0.39 is 0 Å². The molecule has 2 rings (SSSR count). The highest BCUT2D eigenvalue weighted by Gasteiger charge is 2.51. The minimum atomic E-state index is 0.293. The van der Waals surface area contributed by atoms with E-state index in [0.29, 0.717) is 11.0 Å². The summed E-state index contributed by atoms with van der Waals surface area (Å²) in [7, 11) is 0. The second kappa shape index (κ2) is 4.30. The lowest BCUT2D eigenvalue weighted by Crippen LogP contribution is -2.61. The molecule has 0 spiro atoms. The fourth-order valence-corrected chi connectivity index (χ4v) is 4.07. The van der Waals surface area contributed by atoms with Crippen molar-refractivity contribution in [3.8, 4) is 0 Å². The molecule has 2 fully saturated rings. The summed E-state index contributed by atoms with van der Waals surface area (Å²) in [4.78, 5) is 2.73. The van der Waals surface area contributed by atoms with Crippen LogP contribution >= 0.6 is 0 Å². The van der Waals surface area contributed by atoms with Gasteiger partial charge in [-0.15, -0.1) is 0 Å². The predicted molar refractivity (Wildman–Crippen MR) is 69.4 cm³/mol. The summed E-state index contributed by atoms with van der Waals surface area (Å²) in [5.74, 6) is 0.855. The zero-order valence-electron chi connectivity index (χ0n) is 11.3. The van der Waals surface area contributed by atoms with Crippen LogP contribution in [0.25, 0.3) is 0 Å². The summed E-state index contributed by atoms with van der Waals surface area (Å²) in [6.45, 7) is 10.6. The molecule has 2 atom stereocenters. The minimum absolute atomic E-state index is 0.293. The number of hydrogen-bond acceptors (Lipinski definition) is 2. The van der Waals surface area contributed by atoms with Crippen LogP contribution in [0.2, 0.25) is 0 Å². The molecule has 94 valence electrons. The van der Waals surface area contributed by atoms with E-state index in [4.69, 9.17) is 5.73 Å². The molecule has 0 bridgehead atoms. The maximum absolute atomic E-state index is 6.18. The van der Waals surface area contributed by atoms with Crippen LogP contribution in [0, 0.1) is 11.3 Å². The van der Waals surface area contributed by atoms with Gasteiger partial charge in [0.05, 0.1) is 0 Å². The number of hydrogen-bond donors (Lipinski definition) is 1. The highest BCUT2D eigenvalue weighted by atomic mass is 15.2. The van der Waals surface area contributed by atoms with Gasteiger partial charge in [-0.3, -0.25) is 4.90 Å². The lowest BCUT2D eigenvalue weighted by Gasteiger charge is -2.52. The molecule has 2 nitrogen and oxygen atoms in total. The molecule has 2 unspecified atom stereocenters. The number of piperidine rings is 1. The van der Waals surface area contributed by atoms with Crippen LogP contribution in [-0.4, -0.2) is 30.1 Å². The molecule has 1 aliphatic carbocycles. The highest BCUT2D eigenvalue weighted by Crippen LogP contribution is 2.49. The minimum Gasteiger partial charge on any atom is -0.329 e. The molecule has 1 aliphatic heterocycles. The van der Waals surface area contributed by atoms with Crippen molar-refractivity contribution in [2.45, 2.75) is 58.4 Å². The summed E-state index contributed by atoms with van der Waals surface area (Å²) in [5.41, 5.74) is 6.87. The standard InChI is InChI=1S/C14H28N2/c1-12-6-4-9-16(10-12)14(11-15)8-5-7-13(14,2)3/h12H,4-11,15H2,1-3H3. The Balaban J connectivity index is 2.20. The topological polar surface area (TPSA) is 29.3 Å². The van der Waals surface area contributed by atoms with Crippen molar-refractivity contribution in [1.82, 2.24) is 4.90 Å². The maximum atomic E-state index is 6.18. The Morgan fingerprint density at radius 1 is 1.25 bits per heavy atom. The summed E-state index contributed by atoms with van der Waals surface area (Å²) in [6, 6.07) is 0. The third-order valence-corrected chi connectivity index (χ3v) is 5.25. The van der Waals surface area contributed by atoms with E-state index in [-0.39, 0.29) is 0 Å². The lowest BCUT2D eigenvalue weighted by molar-refractivity contribution is -0.0133. The second-order valence-electron chi connectivity index (χ2n) is 6.67. The van der Waals surface area contributed by atoms with Gasteiger partial charge in [-0.05, 0) is 43.6 Å². The van der Waals surface area contributed by atoms with Gasteiger partial charge in [-0.25, -0.2) is 0 Å². The van der Waals surface area contributed by atoms with Crippen LogP contribution in [0.3, 0.4) is 0 Å². The summed E-state index contributed by atoms with van der Waals surface area (Å²) in [6.07, 6.45) is 6.77. The van der Waals surface area contributed by atoms with E-state index in [1.165, 1.54) is 45.2 Å². The van der Waals surface area contributed by atoms with Crippen LogP contribution in [0.4, 0.5) is 0 Å². The van der Waals surface area contributed by atoms with Gasteiger partial charge in [-0.2, -0.15) is 0 Å². The van der Waals surface area contributed by atoms with Crippen molar-refractivity contribution in [2.75, 3.05) is 19.6 Å². The molecule has 2 aliphatic rings. The average molecular weight is 224 g/mol. The van der Waals surface area contributed by atoms with Gasteiger partial charge in [0, 0.05) is 18.6 Å². The van der Waals surface area contributed by atoms with E-state index in [1.807, 2.05) is 0 Å². The van der Waals surface area contributed by atoms with E-state index in [0.717, 1.165) is 12.5 Å². The quantitative estimate of drug-likeness (QED) is 0.781. The largest absolute Gasteiger partial charge is 0.329 e. The molecule has 0 radical (unpaired) electrons. The van der Waals surface area contributed by atoms with Crippen LogP contribution in [0.5, 0.6) is 0 Å². The first kappa shape index (κ1) is 12.4. The van der Waals surface area contributed by atoms with Gasteiger partial charge in [0.2, 0.25) is 0 Å². The Hall–Kier alpha value is -0.0800. The molecule has 0 aromatic heterocycles. The van der Waals surface area contributed by atoms with E-state index in [2.05, 4.69) is 25.7 Å². The predicted octanol–water partition coefficient (Wildman–Crippen LogP) is 2.63. The molecule has 0 aromatic rings. The molecule has 2 N–H and O–H groups in total. The van der Waals surface area contributed by atoms with Gasteiger partial charge in [0.1, 0.15) is 0 Å². The van der Waals surface area contributed by atoms with Gasteiger partial charge < -0.3 is 5.73 Å². The zero-order valence-corrected chi connectivity index (χ0v) is 11.3. The van der Waals surface area contributed by atoms with Crippen molar-refractivity contribution in [1.29, 1.82) is 0 Å². The highest BCUT2D eigenvalue weighted by molar-refractivity contribution is 5.07. The summed E-state index contributed by atoms with van der Waals surface area (Å²) in [5, 5.41) is 0. The Bertz CT molecular complexity index is 249. The number of rotatable bonds is 2. The van der Waals surface area contributed by atoms with Crippen LogP contribution < -0.4 is 5.73 Å². The third-order valence-electron chi connectivity index (χ3n) is 5.25. The number of likely N-dealkylation sites (tertiary alicyclic amines) is 1. The molecule has 0 aromatic carbocycles. The first-order valence-corrected chi connectivity index (χ1v) is 6.97. The van der Waals surface area contributed by atoms with Gasteiger partial charge in [0.25, 0.3) is 0 Å². The van der Waals surface area contributed by atoms with E-state index in [9.17, 15) is 0 Å². The Kier molecular flexibility index (Phi) is 3.33. The third kappa shape index (κ3) is 1.80.